The first-order chi connectivity index (χ1) is 13.7. The summed E-state index contributed by atoms with van der Waals surface area (Å²) < 4.78 is 5.87. The highest BCUT2D eigenvalue weighted by molar-refractivity contribution is 5.54. The first-order valence-corrected chi connectivity index (χ1v) is 11.6. The van der Waals surface area contributed by atoms with Crippen molar-refractivity contribution < 1.29 is 4.74 Å². The van der Waals surface area contributed by atoms with E-state index in [2.05, 4.69) is 57.0 Å². The highest BCUT2D eigenvalue weighted by Crippen LogP contribution is 2.52. The summed E-state index contributed by atoms with van der Waals surface area (Å²) in [6, 6.07) is 4.77. The van der Waals surface area contributed by atoms with Crippen LogP contribution in [-0.2, 0) is 4.74 Å². The number of anilines is 2. The minimum absolute atomic E-state index is 0.249. The lowest BCUT2D eigenvalue weighted by Crippen LogP contribution is -2.52. The van der Waals surface area contributed by atoms with Crippen LogP contribution in [0.1, 0.15) is 59.1 Å². The SMILES string of the molecule is Cc1nc(N2CC(C)OC(C)C2)ccc1NCC12CC(C)CC(C1)C(N)C(C)C2. The van der Waals surface area contributed by atoms with E-state index >= 15 is 0 Å². The molecule has 0 aromatic carbocycles. The second kappa shape index (κ2) is 8.07. The molecule has 2 heterocycles. The van der Waals surface area contributed by atoms with E-state index in [4.69, 9.17) is 15.5 Å². The van der Waals surface area contributed by atoms with E-state index in [9.17, 15) is 0 Å². The van der Waals surface area contributed by atoms with E-state index < -0.39 is 0 Å². The monoisotopic (exact) mass is 400 g/mol. The molecule has 29 heavy (non-hydrogen) atoms. The van der Waals surface area contributed by atoms with Gasteiger partial charge >= 0.3 is 0 Å². The minimum atomic E-state index is 0.249. The fourth-order valence-corrected chi connectivity index (χ4v) is 6.58. The van der Waals surface area contributed by atoms with Crippen LogP contribution in [0.3, 0.4) is 0 Å². The summed E-state index contributed by atoms with van der Waals surface area (Å²) in [5.41, 5.74) is 9.20. The quantitative estimate of drug-likeness (QED) is 0.793. The van der Waals surface area contributed by atoms with Crippen LogP contribution in [-0.4, -0.2) is 42.9 Å². The lowest BCUT2D eigenvalue weighted by atomic mass is 9.55. The van der Waals surface area contributed by atoms with E-state index in [1.54, 1.807) is 0 Å². The molecule has 0 amide bonds. The molecular formula is C24H40N4O. The Bertz CT molecular complexity index is 711. The molecule has 3 N–H and O–H groups in total. The van der Waals surface area contributed by atoms with Crippen LogP contribution in [0.2, 0.25) is 0 Å². The molecule has 0 radical (unpaired) electrons. The summed E-state index contributed by atoms with van der Waals surface area (Å²) in [5, 5.41) is 3.79. The summed E-state index contributed by atoms with van der Waals surface area (Å²) >= 11 is 0. The smallest absolute Gasteiger partial charge is 0.129 e. The molecule has 5 nitrogen and oxygen atoms in total. The number of nitrogens with one attached hydrogen (secondary N) is 1. The van der Waals surface area contributed by atoms with Crippen LogP contribution >= 0.6 is 0 Å². The van der Waals surface area contributed by atoms with Gasteiger partial charge in [0.1, 0.15) is 5.82 Å². The number of aryl methyl sites for hydroxylation is 1. The zero-order valence-corrected chi connectivity index (χ0v) is 18.9. The van der Waals surface area contributed by atoms with Crippen LogP contribution in [0.5, 0.6) is 0 Å². The minimum Gasteiger partial charge on any atom is -0.383 e. The predicted molar refractivity (Wildman–Crippen MR) is 120 cm³/mol. The van der Waals surface area contributed by atoms with Crippen molar-refractivity contribution in [2.75, 3.05) is 29.9 Å². The summed E-state index contributed by atoms with van der Waals surface area (Å²) in [5.74, 6) is 3.16. The number of nitrogens with two attached hydrogens (primary N) is 1. The van der Waals surface area contributed by atoms with Crippen molar-refractivity contribution in [3.05, 3.63) is 17.8 Å². The van der Waals surface area contributed by atoms with Gasteiger partial charge in [0.25, 0.3) is 0 Å². The third kappa shape index (κ3) is 4.41. The van der Waals surface area contributed by atoms with Gasteiger partial charge in [0.2, 0.25) is 0 Å². The molecule has 4 rings (SSSR count). The van der Waals surface area contributed by atoms with E-state index in [0.29, 0.717) is 23.3 Å². The van der Waals surface area contributed by atoms with Gasteiger partial charge in [-0.05, 0) is 81.8 Å². The molecule has 2 bridgehead atoms. The van der Waals surface area contributed by atoms with Crippen LogP contribution < -0.4 is 16.0 Å². The molecule has 5 heteroatoms. The van der Waals surface area contributed by atoms with E-state index in [1.165, 1.54) is 31.4 Å². The van der Waals surface area contributed by atoms with Crippen LogP contribution in [0.25, 0.3) is 0 Å². The lowest BCUT2D eigenvalue weighted by Gasteiger charge is -2.53. The molecule has 1 saturated heterocycles. The molecule has 2 saturated carbocycles. The number of rotatable bonds is 4. The van der Waals surface area contributed by atoms with Gasteiger partial charge in [0, 0.05) is 25.7 Å². The maximum atomic E-state index is 6.54. The second-order valence-electron chi connectivity index (χ2n) is 10.6. The third-order valence-corrected chi connectivity index (χ3v) is 7.61. The molecule has 1 aromatic heterocycles. The number of aromatic nitrogens is 1. The number of fused-ring (bicyclic) bond motifs is 2. The number of ether oxygens (including phenoxy) is 1. The van der Waals surface area contributed by atoms with Crippen LogP contribution in [0.15, 0.2) is 12.1 Å². The number of hydrogen-bond acceptors (Lipinski definition) is 5. The van der Waals surface area contributed by atoms with Gasteiger partial charge in [0.05, 0.1) is 23.6 Å². The normalized spacial score (nSPS) is 40.0. The topological polar surface area (TPSA) is 63.4 Å². The Morgan fingerprint density at radius 3 is 2.55 bits per heavy atom. The molecule has 1 aromatic rings. The molecule has 2 aliphatic carbocycles. The first-order valence-electron chi connectivity index (χ1n) is 11.6. The summed E-state index contributed by atoms with van der Waals surface area (Å²) in [4.78, 5) is 7.29. The Morgan fingerprint density at radius 1 is 1.14 bits per heavy atom. The number of pyridine rings is 1. The highest BCUT2D eigenvalue weighted by atomic mass is 16.5. The summed E-state index contributed by atoms with van der Waals surface area (Å²) in [7, 11) is 0. The van der Waals surface area contributed by atoms with Gasteiger partial charge in [-0.1, -0.05) is 13.8 Å². The average Bonchev–Trinajstić information content (AvgIpc) is 2.64. The molecule has 7 unspecified atom stereocenters. The Hall–Kier alpha value is -1.33. The molecule has 162 valence electrons. The Balaban J connectivity index is 1.44. The highest BCUT2D eigenvalue weighted by Gasteiger charge is 2.47. The molecular weight excluding hydrogens is 360 g/mol. The molecule has 3 aliphatic rings. The van der Waals surface area contributed by atoms with Gasteiger partial charge in [-0.15, -0.1) is 0 Å². The average molecular weight is 401 g/mol. The van der Waals surface area contributed by atoms with Gasteiger partial charge < -0.3 is 20.7 Å². The van der Waals surface area contributed by atoms with Gasteiger partial charge in [0.15, 0.2) is 0 Å². The number of morpholine rings is 1. The Labute approximate surface area is 176 Å². The number of nitrogens with zero attached hydrogens (tertiary/aromatic N) is 2. The summed E-state index contributed by atoms with van der Waals surface area (Å²) in [6.45, 7) is 14.0. The van der Waals surface area contributed by atoms with Gasteiger partial charge in [-0.2, -0.15) is 0 Å². The third-order valence-electron chi connectivity index (χ3n) is 7.61. The maximum Gasteiger partial charge on any atom is 0.129 e. The largest absolute Gasteiger partial charge is 0.383 e. The van der Waals surface area contributed by atoms with Crippen LogP contribution in [0.4, 0.5) is 11.5 Å². The van der Waals surface area contributed by atoms with Crippen molar-refractivity contribution >= 4 is 11.5 Å². The molecule has 0 spiro atoms. The van der Waals surface area contributed by atoms with E-state index in [1.807, 2.05) is 0 Å². The molecule has 1 aliphatic heterocycles. The van der Waals surface area contributed by atoms with Crippen molar-refractivity contribution in [2.24, 2.45) is 28.9 Å². The van der Waals surface area contributed by atoms with Gasteiger partial charge in [-0.3, -0.25) is 0 Å². The first kappa shape index (κ1) is 20.9. The van der Waals surface area contributed by atoms with Crippen molar-refractivity contribution in [1.29, 1.82) is 0 Å². The van der Waals surface area contributed by atoms with Crippen molar-refractivity contribution in [3.8, 4) is 0 Å². The standard InChI is InChI=1S/C24H40N4O/c1-15-8-20-11-24(9-15,10-16(2)23(20)25)14-26-21-6-7-22(27-19(21)5)28-12-17(3)29-18(4)13-28/h6-7,15-18,20,23,26H,8-14,25H2,1-5H3. The second-order valence-corrected chi connectivity index (χ2v) is 10.6. The van der Waals surface area contributed by atoms with E-state index in [-0.39, 0.29) is 12.2 Å². The van der Waals surface area contributed by atoms with Crippen molar-refractivity contribution in [3.63, 3.8) is 0 Å². The predicted octanol–water partition coefficient (Wildman–Crippen LogP) is 4.21. The molecule has 7 atom stereocenters. The lowest BCUT2D eigenvalue weighted by molar-refractivity contribution is -0.00546. The molecule has 3 fully saturated rings. The van der Waals surface area contributed by atoms with E-state index in [0.717, 1.165) is 37.1 Å². The maximum absolute atomic E-state index is 6.54. The zero-order valence-electron chi connectivity index (χ0n) is 18.9. The summed E-state index contributed by atoms with van der Waals surface area (Å²) in [6.07, 6.45) is 5.65. The van der Waals surface area contributed by atoms with Gasteiger partial charge in [-0.25, -0.2) is 4.98 Å². The fraction of sp³-hybridized carbons (Fsp3) is 0.792. The van der Waals surface area contributed by atoms with Crippen LogP contribution in [0, 0.1) is 30.1 Å². The Kier molecular flexibility index (Phi) is 5.82. The van der Waals surface area contributed by atoms with Crippen molar-refractivity contribution in [2.45, 2.75) is 78.6 Å². The Morgan fingerprint density at radius 2 is 1.86 bits per heavy atom. The fourth-order valence-electron chi connectivity index (χ4n) is 6.58. The zero-order chi connectivity index (χ0) is 20.8. The number of hydrogen-bond donors (Lipinski definition) is 2. The van der Waals surface area contributed by atoms with Crippen molar-refractivity contribution in [1.82, 2.24) is 4.98 Å².